The zero-order chi connectivity index (χ0) is 16.7. The number of nitrogens with zero attached hydrogens (tertiary/aromatic N) is 1. The van der Waals surface area contributed by atoms with Gasteiger partial charge in [0.25, 0.3) is 0 Å². The number of carbonyl (C=O) groups excluding carboxylic acids is 1. The van der Waals surface area contributed by atoms with Crippen molar-refractivity contribution in [1.29, 1.82) is 0 Å². The number of alkyl halides is 3. The van der Waals surface area contributed by atoms with E-state index in [1.165, 1.54) is 13.0 Å². The fourth-order valence-corrected chi connectivity index (χ4v) is 2.64. The predicted octanol–water partition coefficient (Wildman–Crippen LogP) is 4.17. The van der Waals surface area contributed by atoms with Crippen molar-refractivity contribution in [2.45, 2.75) is 25.1 Å². The quantitative estimate of drug-likeness (QED) is 0.658. The number of fused-ring (bicyclic) bond motifs is 1. The molecule has 1 unspecified atom stereocenters. The Morgan fingerprint density at radius 3 is 2.55 bits per heavy atom. The van der Waals surface area contributed by atoms with E-state index in [1.54, 1.807) is 0 Å². The van der Waals surface area contributed by atoms with E-state index in [1.807, 2.05) is 0 Å². The van der Waals surface area contributed by atoms with Crippen LogP contribution in [0.4, 0.5) is 32.4 Å². The molecule has 0 aromatic heterocycles. The Bertz CT molecular complexity index is 628. The molecule has 0 aliphatic carbocycles. The number of halogens is 5. The van der Waals surface area contributed by atoms with Gasteiger partial charge in [0, 0.05) is 5.56 Å². The molecule has 0 radical (unpaired) electrons. The lowest BCUT2D eigenvalue weighted by Crippen LogP contribution is -2.56. The smallest absolute Gasteiger partial charge is 0.307 e. The number of carbonyl (C=O) groups is 1. The summed E-state index contributed by atoms with van der Waals surface area (Å²) in [5.41, 5.74) is -2.07. The summed E-state index contributed by atoms with van der Waals surface area (Å²) in [4.78, 5) is 12.4. The third-order valence-corrected chi connectivity index (χ3v) is 3.60. The molecule has 22 heavy (non-hydrogen) atoms. The molecule has 3 nitrogen and oxygen atoms in total. The van der Waals surface area contributed by atoms with Gasteiger partial charge in [-0.2, -0.15) is 13.2 Å². The maximum Gasteiger partial charge on any atom is 0.406 e. The lowest BCUT2D eigenvalue weighted by Gasteiger charge is -2.45. The fraction of sp³-hybridized carbons (Fsp3) is 0.357. The number of amides is 2. The van der Waals surface area contributed by atoms with Crippen molar-refractivity contribution in [3.8, 4) is 0 Å². The van der Waals surface area contributed by atoms with Crippen LogP contribution in [-0.2, 0) is 5.54 Å². The number of anilines is 1. The predicted molar refractivity (Wildman–Crippen MR) is 70.3 cm³/mol. The molecule has 0 spiro atoms. The molecule has 1 aliphatic heterocycles. The zero-order valence-electron chi connectivity index (χ0n) is 11.6. The summed E-state index contributed by atoms with van der Waals surface area (Å²) in [5, 5.41) is 2.16. The molecule has 2 rings (SSSR count). The van der Waals surface area contributed by atoms with Crippen LogP contribution in [0.15, 0.2) is 24.8 Å². The van der Waals surface area contributed by atoms with Crippen LogP contribution < -0.4 is 5.32 Å². The lowest BCUT2D eigenvalue weighted by atomic mass is 9.83. The van der Waals surface area contributed by atoms with Crippen LogP contribution in [0, 0.1) is 11.6 Å². The van der Waals surface area contributed by atoms with Gasteiger partial charge >= 0.3 is 12.2 Å². The Morgan fingerprint density at radius 2 is 2.00 bits per heavy atom. The molecular formula is C14H13F5N2O. The first-order valence-corrected chi connectivity index (χ1v) is 6.35. The molecule has 0 bridgehead atoms. The number of nitrogens with one attached hydrogen (secondary N) is 1. The van der Waals surface area contributed by atoms with E-state index < -0.39 is 35.9 Å². The van der Waals surface area contributed by atoms with Gasteiger partial charge in [-0.3, -0.25) is 0 Å². The summed E-state index contributed by atoms with van der Waals surface area (Å²) >= 11 is 0. The molecule has 2 amide bonds. The van der Waals surface area contributed by atoms with E-state index in [2.05, 4.69) is 11.9 Å². The second kappa shape index (κ2) is 5.26. The second-order valence-electron chi connectivity index (χ2n) is 5.18. The second-order valence-corrected chi connectivity index (χ2v) is 5.18. The van der Waals surface area contributed by atoms with Gasteiger partial charge in [0.15, 0.2) is 11.6 Å². The maximum atomic E-state index is 14.2. The molecule has 0 saturated heterocycles. The van der Waals surface area contributed by atoms with Crippen molar-refractivity contribution < 1.29 is 26.7 Å². The molecule has 0 fully saturated rings. The molecule has 0 saturated carbocycles. The highest BCUT2D eigenvalue weighted by Gasteiger charge is 2.48. The average molecular weight is 320 g/mol. The highest BCUT2D eigenvalue weighted by molar-refractivity contribution is 5.94. The van der Waals surface area contributed by atoms with Crippen molar-refractivity contribution in [3.05, 3.63) is 42.0 Å². The van der Waals surface area contributed by atoms with Gasteiger partial charge in [-0.15, -0.1) is 6.58 Å². The van der Waals surface area contributed by atoms with Gasteiger partial charge in [0.05, 0.1) is 11.2 Å². The minimum absolute atomic E-state index is 0.0494. The van der Waals surface area contributed by atoms with Gasteiger partial charge in [-0.25, -0.2) is 13.6 Å². The van der Waals surface area contributed by atoms with Crippen LogP contribution in [0.25, 0.3) is 0 Å². The van der Waals surface area contributed by atoms with Crippen LogP contribution in [-0.4, -0.2) is 23.7 Å². The summed E-state index contributed by atoms with van der Waals surface area (Å²) in [7, 11) is 0. The number of benzene rings is 1. The minimum Gasteiger partial charge on any atom is -0.307 e. The molecule has 120 valence electrons. The topological polar surface area (TPSA) is 32.3 Å². The van der Waals surface area contributed by atoms with E-state index in [0.29, 0.717) is 4.90 Å². The van der Waals surface area contributed by atoms with Crippen LogP contribution in [0.5, 0.6) is 0 Å². The van der Waals surface area contributed by atoms with Crippen molar-refractivity contribution in [3.63, 3.8) is 0 Å². The van der Waals surface area contributed by atoms with E-state index in [-0.39, 0.29) is 17.7 Å². The third-order valence-electron chi connectivity index (χ3n) is 3.60. The normalized spacial score (nSPS) is 21.4. The minimum atomic E-state index is -4.68. The Hall–Kier alpha value is -2.12. The van der Waals surface area contributed by atoms with Gasteiger partial charge in [-0.1, -0.05) is 6.08 Å². The first kappa shape index (κ1) is 16.3. The van der Waals surface area contributed by atoms with Crippen LogP contribution in [0.1, 0.15) is 18.9 Å². The molecule has 1 N–H and O–H groups in total. The summed E-state index contributed by atoms with van der Waals surface area (Å²) < 4.78 is 65.9. The molecule has 1 aliphatic rings. The standard InChI is InChI=1S/C14H13F5N2O/c1-3-6-13(2)10-9(5-4-8(15)11(10)16)20-12(22)21(13)7-14(17,18)19/h3-5H,1,6-7H2,2H3,(H,20,22). The van der Waals surface area contributed by atoms with Gasteiger partial charge < -0.3 is 10.2 Å². The Labute approximate surface area is 123 Å². The van der Waals surface area contributed by atoms with E-state index in [9.17, 15) is 26.7 Å². The first-order valence-electron chi connectivity index (χ1n) is 6.35. The molecule has 1 atom stereocenters. The van der Waals surface area contributed by atoms with Crippen molar-refractivity contribution in [2.75, 3.05) is 11.9 Å². The molecular weight excluding hydrogens is 307 g/mol. The first-order chi connectivity index (χ1) is 10.1. The Morgan fingerprint density at radius 1 is 1.36 bits per heavy atom. The van der Waals surface area contributed by atoms with Crippen LogP contribution >= 0.6 is 0 Å². The van der Waals surface area contributed by atoms with Crippen LogP contribution in [0.2, 0.25) is 0 Å². The fourth-order valence-electron chi connectivity index (χ4n) is 2.64. The van der Waals surface area contributed by atoms with Crippen molar-refractivity contribution >= 4 is 11.7 Å². The monoisotopic (exact) mass is 320 g/mol. The Kier molecular flexibility index (Phi) is 3.88. The SMILES string of the molecule is C=CCC1(C)c2c(ccc(F)c2F)NC(=O)N1CC(F)(F)F. The van der Waals surface area contributed by atoms with E-state index in [4.69, 9.17) is 0 Å². The van der Waals surface area contributed by atoms with Crippen molar-refractivity contribution in [1.82, 2.24) is 4.90 Å². The zero-order valence-corrected chi connectivity index (χ0v) is 11.6. The number of hydrogen-bond donors (Lipinski definition) is 1. The lowest BCUT2D eigenvalue weighted by molar-refractivity contribution is -0.150. The molecule has 1 aromatic carbocycles. The number of rotatable bonds is 3. The van der Waals surface area contributed by atoms with E-state index in [0.717, 1.165) is 12.1 Å². The molecule has 8 heteroatoms. The highest BCUT2D eigenvalue weighted by atomic mass is 19.4. The number of urea groups is 1. The van der Waals surface area contributed by atoms with Crippen LogP contribution in [0.3, 0.4) is 0 Å². The number of hydrogen-bond acceptors (Lipinski definition) is 1. The summed E-state index contributed by atoms with van der Waals surface area (Å²) in [5.74, 6) is -2.48. The summed E-state index contributed by atoms with van der Waals surface area (Å²) in [6.07, 6.45) is -3.58. The largest absolute Gasteiger partial charge is 0.406 e. The highest BCUT2D eigenvalue weighted by Crippen LogP contribution is 2.43. The molecule has 1 heterocycles. The van der Waals surface area contributed by atoms with Gasteiger partial charge in [0.1, 0.15) is 6.54 Å². The third kappa shape index (κ3) is 2.65. The average Bonchev–Trinajstić information content (AvgIpc) is 2.38. The summed E-state index contributed by atoms with van der Waals surface area (Å²) in [6.45, 7) is 3.09. The van der Waals surface area contributed by atoms with Gasteiger partial charge in [-0.05, 0) is 25.5 Å². The van der Waals surface area contributed by atoms with E-state index >= 15 is 0 Å². The summed E-state index contributed by atoms with van der Waals surface area (Å²) in [6, 6.07) is 0.903. The van der Waals surface area contributed by atoms with Crippen molar-refractivity contribution in [2.24, 2.45) is 0 Å². The van der Waals surface area contributed by atoms with Gasteiger partial charge in [0.2, 0.25) is 0 Å². The Balaban J connectivity index is 2.65. The molecule has 1 aromatic rings. The maximum absolute atomic E-state index is 14.2.